The summed E-state index contributed by atoms with van der Waals surface area (Å²) < 4.78 is 42.9. The smallest absolute Gasteiger partial charge is 0.252 e. The third kappa shape index (κ3) is 6.74. The molecule has 10 nitrogen and oxygen atoms in total. The van der Waals surface area contributed by atoms with E-state index in [1.165, 1.54) is 37.8 Å². The molecule has 0 aromatic heterocycles. The molecule has 1 saturated heterocycles. The first-order chi connectivity index (χ1) is 17.3. The molecule has 2 aromatic rings. The van der Waals surface area contributed by atoms with E-state index in [0.717, 1.165) is 0 Å². The van der Waals surface area contributed by atoms with E-state index in [0.29, 0.717) is 43.1 Å². The molecule has 2 amide bonds. The molecule has 0 radical (unpaired) electrons. The van der Waals surface area contributed by atoms with E-state index in [2.05, 4.69) is 10.6 Å². The van der Waals surface area contributed by atoms with Crippen molar-refractivity contribution in [1.82, 2.24) is 14.9 Å². The summed E-state index contributed by atoms with van der Waals surface area (Å²) in [6, 6.07) is 12.1. The van der Waals surface area contributed by atoms with E-state index < -0.39 is 22.0 Å². The molecule has 11 heteroatoms. The van der Waals surface area contributed by atoms with Crippen LogP contribution in [0.1, 0.15) is 23.2 Å². The van der Waals surface area contributed by atoms with Gasteiger partial charge < -0.3 is 24.8 Å². The number of nitrogens with zero attached hydrogens (tertiary/aromatic N) is 1. The van der Waals surface area contributed by atoms with Gasteiger partial charge in [0.1, 0.15) is 17.5 Å². The van der Waals surface area contributed by atoms with E-state index in [4.69, 9.17) is 14.2 Å². The number of carbonyl (C=O) groups is 2. The number of rotatable bonds is 11. The molecule has 1 aliphatic heterocycles. The van der Waals surface area contributed by atoms with Gasteiger partial charge in [-0.2, -0.15) is 4.31 Å². The third-order valence-electron chi connectivity index (χ3n) is 6.17. The number of hydrogen-bond donors (Lipinski definition) is 2. The molecule has 0 spiro atoms. The van der Waals surface area contributed by atoms with Crippen LogP contribution in [0.2, 0.25) is 0 Å². The summed E-state index contributed by atoms with van der Waals surface area (Å²) in [5.41, 5.74) is 0.364. The Morgan fingerprint density at radius 3 is 2.28 bits per heavy atom. The summed E-state index contributed by atoms with van der Waals surface area (Å²) in [6.45, 7) is 1.10. The van der Waals surface area contributed by atoms with Gasteiger partial charge >= 0.3 is 0 Å². The maximum absolute atomic E-state index is 13.1. The van der Waals surface area contributed by atoms with Crippen LogP contribution < -0.4 is 20.1 Å². The first kappa shape index (κ1) is 27.4. The van der Waals surface area contributed by atoms with Crippen LogP contribution in [0.25, 0.3) is 0 Å². The second-order valence-electron chi connectivity index (χ2n) is 8.38. The van der Waals surface area contributed by atoms with Crippen molar-refractivity contribution in [3.05, 3.63) is 54.1 Å². The fraction of sp³-hybridized carbons (Fsp3) is 0.440. The summed E-state index contributed by atoms with van der Waals surface area (Å²) in [5, 5.41) is 5.64. The second-order valence-corrected chi connectivity index (χ2v) is 10.3. The Bertz CT molecular complexity index is 1130. The number of piperidine rings is 1. The van der Waals surface area contributed by atoms with Crippen molar-refractivity contribution in [3.63, 3.8) is 0 Å². The Morgan fingerprint density at radius 2 is 1.67 bits per heavy atom. The van der Waals surface area contributed by atoms with E-state index in [-0.39, 0.29) is 29.8 Å². The normalized spacial score (nSPS) is 15.6. The topological polar surface area (TPSA) is 123 Å². The number of methoxy groups -OCH3 is 3. The highest BCUT2D eigenvalue weighted by Crippen LogP contribution is 2.27. The zero-order valence-electron chi connectivity index (χ0n) is 20.7. The van der Waals surface area contributed by atoms with Gasteiger partial charge in [0, 0.05) is 32.3 Å². The van der Waals surface area contributed by atoms with Crippen LogP contribution in [0.4, 0.5) is 0 Å². The van der Waals surface area contributed by atoms with Gasteiger partial charge in [-0.3, -0.25) is 9.59 Å². The molecule has 1 fully saturated rings. The van der Waals surface area contributed by atoms with Gasteiger partial charge in [-0.1, -0.05) is 6.07 Å². The standard InChI is InChI=1S/C25H33N3O7S/c1-33-16-13-26-25(30)23(27-24(29)19-5-4-6-21(17-19)35-3)18-11-14-28(15-12-18)36(31,32)22-9-7-20(34-2)8-10-22/h4-10,17-18,23H,11-16H2,1-3H3,(H,26,30)(H,27,29)/t23-/m0/s1. The lowest BCUT2D eigenvalue weighted by Gasteiger charge is -2.35. The van der Waals surface area contributed by atoms with Crippen LogP contribution in [-0.2, 0) is 19.6 Å². The molecule has 1 heterocycles. The summed E-state index contributed by atoms with van der Waals surface area (Å²) in [6.07, 6.45) is 0.826. The van der Waals surface area contributed by atoms with E-state index in [1.807, 2.05) is 0 Å². The van der Waals surface area contributed by atoms with E-state index in [9.17, 15) is 18.0 Å². The van der Waals surface area contributed by atoms with Gasteiger partial charge in [0.25, 0.3) is 5.91 Å². The monoisotopic (exact) mass is 519 g/mol. The average molecular weight is 520 g/mol. The Kier molecular flexibility index (Phi) is 9.68. The number of ether oxygens (including phenoxy) is 3. The van der Waals surface area contributed by atoms with E-state index >= 15 is 0 Å². The molecule has 1 aliphatic rings. The Labute approximate surface area is 212 Å². The highest BCUT2D eigenvalue weighted by Gasteiger charge is 2.36. The van der Waals surface area contributed by atoms with Crippen molar-refractivity contribution >= 4 is 21.8 Å². The maximum Gasteiger partial charge on any atom is 0.252 e. The molecular weight excluding hydrogens is 486 g/mol. The van der Waals surface area contributed by atoms with Crippen LogP contribution in [0.3, 0.4) is 0 Å². The lowest BCUT2D eigenvalue weighted by Crippen LogP contribution is -2.54. The minimum atomic E-state index is -3.69. The van der Waals surface area contributed by atoms with Crippen molar-refractivity contribution < 1.29 is 32.2 Å². The molecule has 1 atom stereocenters. The minimum absolute atomic E-state index is 0.182. The second kappa shape index (κ2) is 12.7. The SMILES string of the molecule is COCCNC(=O)[C@@H](NC(=O)c1cccc(OC)c1)C1CCN(S(=O)(=O)c2ccc(OC)cc2)CC1. The predicted octanol–water partition coefficient (Wildman–Crippen LogP) is 1.67. The van der Waals surface area contributed by atoms with Crippen LogP contribution in [0, 0.1) is 5.92 Å². The van der Waals surface area contributed by atoms with Gasteiger partial charge in [-0.15, -0.1) is 0 Å². The average Bonchev–Trinajstić information content (AvgIpc) is 2.91. The molecule has 0 aliphatic carbocycles. The van der Waals surface area contributed by atoms with Gasteiger partial charge in [0.15, 0.2) is 0 Å². The van der Waals surface area contributed by atoms with Crippen LogP contribution in [-0.4, -0.2) is 78.1 Å². The van der Waals surface area contributed by atoms with Crippen molar-refractivity contribution in [2.75, 3.05) is 47.6 Å². The maximum atomic E-state index is 13.1. The number of hydrogen-bond acceptors (Lipinski definition) is 7. The lowest BCUT2D eigenvalue weighted by molar-refractivity contribution is -0.124. The summed E-state index contributed by atoms with van der Waals surface area (Å²) in [7, 11) is 0.874. The first-order valence-corrected chi connectivity index (χ1v) is 13.1. The highest BCUT2D eigenvalue weighted by molar-refractivity contribution is 7.89. The zero-order valence-corrected chi connectivity index (χ0v) is 21.5. The van der Waals surface area contributed by atoms with Crippen molar-refractivity contribution in [2.24, 2.45) is 5.92 Å². The molecule has 196 valence electrons. The largest absolute Gasteiger partial charge is 0.497 e. The fourth-order valence-corrected chi connectivity index (χ4v) is 5.59. The quantitative estimate of drug-likeness (QED) is 0.433. The van der Waals surface area contributed by atoms with Gasteiger partial charge in [0.05, 0.1) is 25.7 Å². The molecule has 0 unspecified atom stereocenters. The Morgan fingerprint density at radius 1 is 1.00 bits per heavy atom. The van der Waals surface area contributed by atoms with Crippen LogP contribution in [0.15, 0.2) is 53.4 Å². The summed E-state index contributed by atoms with van der Waals surface area (Å²) >= 11 is 0. The molecule has 2 N–H and O–H groups in total. The lowest BCUT2D eigenvalue weighted by atomic mass is 9.89. The Hall–Kier alpha value is -3.15. The molecule has 0 bridgehead atoms. The molecular formula is C25H33N3O7S. The Balaban J connectivity index is 1.72. The first-order valence-electron chi connectivity index (χ1n) is 11.7. The van der Waals surface area contributed by atoms with Gasteiger partial charge in [-0.05, 0) is 61.2 Å². The summed E-state index contributed by atoms with van der Waals surface area (Å²) in [5.74, 6) is 0.112. The number of amides is 2. The number of nitrogens with one attached hydrogen (secondary N) is 2. The third-order valence-corrected chi connectivity index (χ3v) is 8.09. The number of sulfonamides is 1. The molecule has 2 aromatic carbocycles. The molecule has 36 heavy (non-hydrogen) atoms. The highest BCUT2D eigenvalue weighted by atomic mass is 32.2. The predicted molar refractivity (Wildman–Crippen MR) is 134 cm³/mol. The van der Waals surface area contributed by atoms with Gasteiger partial charge in [0.2, 0.25) is 15.9 Å². The zero-order chi connectivity index (χ0) is 26.1. The van der Waals surface area contributed by atoms with Crippen molar-refractivity contribution in [1.29, 1.82) is 0 Å². The van der Waals surface area contributed by atoms with Crippen molar-refractivity contribution in [2.45, 2.75) is 23.8 Å². The summed E-state index contributed by atoms with van der Waals surface area (Å²) in [4.78, 5) is 26.2. The fourth-order valence-electron chi connectivity index (χ4n) is 4.12. The van der Waals surface area contributed by atoms with Crippen molar-refractivity contribution in [3.8, 4) is 11.5 Å². The van der Waals surface area contributed by atoms with E-state index in [1.54, 1.807) is 36.4 Å². The molecule has 3 rings (SSSR count). The number of benzene rings is 2. The minimum Gasteiger partial charge on any atom is -0.497 e. The van der Waals surface area contributed by atoms with Crippen LogP contribution in [0.5, 0.6) is 11.5 Å². The van der Waals surface area contributed by atoms with Crippen LogP contribution >= 0.6 is 0 Å². The van der Waals surface area contributed by atoms with Gasteiger partial charge in [-0.25, -0.2) is 8.42 Å². The molecule has 0 saturated carbocycles. The number of carbonyl (C=O) groups excluding carboxylic acids is 2.